The summed E-state index contributed by atoms with van der Waals surface area (Å²) in [6, 6.07) is -0.100. The van der Waals surface area contributed by atoms with Gasteiger partial charge in [-0.25, -0.2) is 0 Å². The minimum Gasteiger partial charge on any atom is -0.597 e. The molecular weight excluding hydrogens is 238 g/mol. The molecule has 2 unspecified atom stereocenters. The summed E-state index contributed by atoms with van der Waals surface area (Å²) in [5, 5.41) is 0. The molecule has 98 valence electrons. The molecule has 4 atom stereocenters. The van der Waals surface area contributed by atoms with Crippen LogP contribution in [0.1, 0.15) is 40.5 Å². The van der Waals surface area contributed by atoms with Crippen LogP contribution in [0.4, 0.5) is 0 Å². The molecule has 17 heavy (non-hydrogen) atoms. The van der Waals surface area contributed by atoms with Gasteiger partial charge in [-0.2, -0.15) is 0 Å². The second kappa shape index (κ2) is 4.44. The Morgan fingerprint density at radius 3 is 2.47 bits per heavy atom. The van der Waals surface area contributed by atoms with E-state index in [1.165, 1.54) is 0 Å². The van der Waals surface area contributed by atoms with Gasteiger partial charge >= 0.3 is 5.97 Å². The first-order valence-corrected chi connectivity index (χ1v) is 7.35. The van der Waals surface area contributed by atoms with Gasteiger partial charge in [0.05, 0.1) is 12.6 Å². The third kappa shape index (κ3) is 2.61. The lowest BCUT2D eigenvalue weighted by Gasteiger charge is -2.24. The van der Waals surface area contributed by atoms with Crippen LogP contribution in [0, 0.1) is 5.92 Å². The molecule has 0 bridgehead atoms. The number of rotatable bonds is 4. The topological polar surface area (TPSA) is 52.4 Å². The normalized spacial score (nSPS) is 34.3. The zero-order chi connectivity index (χ0) is 12.8. The van der Waals surface area contributed by atoms with Gasteiger partial charge in [-0.3, -0.25) is 4.79 Å². The van der Waals surface area contributed by atoms with Crippen LogP contribution in [0.2, 0.25) is 0 Å². The van der Waals surface area contributed by atoms with E-state index in [1.54, 1.807) is 6.92 Å². The Hall–Kier alpha value is -0.260. The van der Waals surface area contributed by atoms with Crippen molar-refractivity contribution in [2.75, 3.05) is 6.61 Å². The maximum absolute atomic E-state index is 12.3. The molecule has 1 aliphatic carbocycles. The third-order valence-corrected chi connectivity index (χ3v) is 5.05. The molecule has 1 saturated carbocycles. The van der Waals surface area contributed by atoms with E-state index >= 15 is 0 Å². The maximum Gasteiger partial charge on any atom is 0.329 e. The molecule has 5 heteroatoms. The monoisotopic (exact) mass is 259 g/mol. The quantitative estimate of drug-likeness (QED) is 0.436. The highest BCUT2D eigenvalue weighted by Crippen LogP contribution is 2.50. The van der Waals surface area contributed by atoms with Gasteiger partial charge in [0, 0.05) is 11.4 Å². The van der Waals surface area contributed by atoms with Gasteiger partial charge < -0.3 is 9.29 Å². The van der Waals surface area contributed by atoms with Crippen LogP contribution in [0.15, 0.2) is 0 Å². The van der Waals surface area contributed by atoms with Gasteiger partial charge in [-0.1, -0.05) is 0 Å². The van der Waals surface area contributed by atoms with Crippen molar-refractivity contribution < 1.29 is 14.1 Å². The van der Waals surface area contributed by atoms with Gasteiger partial charge in [-0.15, -0.1) is 4.31 Å². The second-order valence-corrected chi connectivity index (χ2v) is 7.89. The van der Waals surface area contributed by atoms with Gasteiger partial charge in [0.1, 0.15) is 4.75 Å². The average Bonchev–Trinajstić information content (AvgIpc) is 3.08. The van der Waals surface area contributed by atoms with Crippen LogP contribution in [0.25, 0.3) is 0 Å². The number of carbonyl (C=O) groups excluding carboxylic acids is 1. The summed E-state index contributed by atoms with van der Waals surface area (Å²) in [6.45, 7) is 8.01. The lowest BCUT2D eigenvalue weighted by Crippen LogP contribution is -2.36. The first-order valence-electron chi connectivity index (χ1n) is 6.25. The maximum atomic E-state index is 12.3. The van der Waals surface area contributed by atoms with Crippen molar-refractivity contribution in [2.24, 2.45) is 5.92 Å². The van der Waals surface area contributed by atoms with Crippen molar-refractivity contribution in [2.45, 2.75) is 57.4 Å². The van der Waals surface area contributed by atoms with Gasteiger partial charge in [0.2, 0.25) is 0 Å². The highest BCUT2D eigenvalue weighted by molar-refractivity contribution is 7.90. The highest BCUT2D eigenvalue weighted by Gasteiger charge is 2.68. The van der Waals surface area contributed by atoms with Crippen LogP contribution in [0.3, 0.4) is 0 Å². The zero-order valence-corrected chi connectivity index (χ0v) is 11.8. The van der Waals surface area contributed by atoms with Crippen molar-refractivity contribution in [3.63, 3.8) is 0 Å². The minimum atomic E-state index is -1.11. The molecule has 2 fully saturated rings. The van der Waals surface area contributed by atoms with E-state index in [2.05, 4.69) is 0 Å². The Morgan fingerprint density at radius 2 is 2.06 bits per heavy atom. The number of ether oxygens (including phenoxy) is 1. The number of hydrogen-bond acceptors (Lipinski definition) is 4. The van der Waals surface area contributed by atoms with E-state index in [1.807, 2.05) is 25.1 Å². The molecule has 0 N–H and O–H groups in total. The summed E-state index contributed by atoms with van der Waals surface area (Å²) >= 11 is -1.11. The minimum absolute atomic E-state index is 0.161. The van der Waals surface area contributed by atoms with Crippen molar-refractivity contribution in [1.82, 2.24) is 4.31 Å². The predicted octanol–water partition coefficient (Wildman–Crippen LogP) is 1.47. The highest BCUT2D eigenvalue weighted by atomic mass is 32.2. The molecule has 0 aromatic heterocycles. The van der Waals surface area contributed by atoms with Crippen LogP contribution in [-0.4, -0.2) is 38.3 Å². The van der Waals surface area contributed by atoms with E-state index < -0.39 is 11.4 Å². The molecule has 1 saturated heterocycles. The Morgan fingerprint density at radius 1 is 1.47 bits per heavy atom. The molecule has 0 spiro atoms. The molecule has 1 heterocycles. The van der Waals surface area contributed by atoms with Crippen molar-refractivity contribution in [3.05, 3.63) is 0 Å². The van der Waals surface area contributed by atoms with Crippen LogP contribution in [0.5, 0.6) is 0 Å². The summed E-state index contributed by atoms with van der Waals surface area (Å²) in [6.07, 6.45) is 2.30. The van der Waals surface area contributed by atoms with E-state index in [4.69, 9.17) is 4.74 Å². The predicted molar refractivity (Wildman–Crippen MR) is 66.7 cm³/mol. The smallest absolute Gasteiger partial charge is 0.329 e. The summed E-state index contributed by atoms with van der Waals surface area (Å²) in [7, 11) is 0. The second-order valence-electron chi connectivity index (χ2n) is 5.75. The first kappa shape index (κ1) is 13.2. The Balaban J connectivity index is 2.03. The average molecular weight is 259 g/mol. The fourth-order valence-corrected chi connectivity index (χ4v) is 3.64. The standard InChI is InChI=1S/C12H21NO3S/c1-5-16-11(14)10-9(8-6-7-8)13(10)17(15)12(2,3)4/h8-10H,5-7H2,1-4H3/t9-,10-,13?,17?/m1/s1. The molecule has 0 aromatic carbocycles. The summed E-state index contributed by atoms with van der Waals surface area (Å²) < 4.78 is 18.9. The molecule has 2 aliphatic rings. The van der Waals surface area contributed by atoms with E-state index in [-0.39, 0.29) is 22.8 Å². The SMILES string of the molecule is CCOC(=O)[C@H]1[C@@H](C2CC2)N1[S+]([O-])C(C)(C)C. The number of hydrogen-bond donors (Lipinski definition) is 0. The molecule has 2 rings (SSSR count). The van der Waals surface area contributed by atoms with Gasteiger partial charge in [0.25, 0.3) is 0 Å². The van der Waals surface area contributed by atoms with Crippen LogP contribution in [-0.2, 0) is 20.9 Å². The molecule has 0 aromatic rings. The molecule has 1 aliphatic heterocycles. The van der Waals surface area contributed by atoms with Crippen molar-refractivity contribution in [3.8, 4) is 0 Å². The Bertz CT molecular complexity index is 311. The van der Waals surface area contributed by atoms with E-state index in [0.29, 0.717) is 12.5 Å². The lowest BCUT2D eigenvalue weighted by molar-refractivity contribution is -0.143. The molecule has 4 nitrogen and oxygen atoms in total. The first-order chi connectivity index (χ1) is 7.88. The van der Waals surface area contributed by atoms with Crippen LogP contribution < -0.4 is 0 Å². The van der Waals surface area contributed by atoms with Gasteiger partial charge in [-0.05, 0) is 46.5 Å². The lowest BCUT2D eigenvalue weighted by atomic mass is 10.2. The fraction of sp³-hybridized carbons (Fsp3) is 0.917. The zero-order valence-electron chi connectivity index (χ0n) is 10.9. The Kier molecular flexibility index (Phi) is 3.45. The molecule has 0 amide bonds. The number of nitrogens with zero attached hydrogens (tertiary/aromatic N) is 1. The van der Waals surface area contributed by atoms with Gasteiger partial charge in [0.15, 0.2) is 6.04 Å². The summed E-state index contributed by atoms with van der Waals surface area (Å²) in [4.78, 5) is 11.8. The largest absolute Gasteiger partial charge is 0.597 e. The molecule has 0 radical (unpaired) electrons. The Labute approximate surface area is 106 Å². The summed E-state index contributed by atoms with van der Waals surface area (Å²) in [5.74, 6) is 0.345. The van der Waals surface area contributed by atoms with Crippen molar-refractivity contribution in [1.29, 1.82) is 0 Å². The molecular formula is C12H21NO3S. The summed E-state index contributed by atoms with van der Waals surface area (Å²) in [5.41, 5.74) is 0. The van der Waals surface area contributed by atoms with E-state index in [0.717, 1.165) is 12.8 Å². The number of carbonyl (C=O) groups is 1. The third-order valence-electron chi connectivity index (χ3n) is 3.15. The van der Waals surface area contributed by atoms with Crippen molar-refractivity contribution >= 4 is 17.3 Å². The van der Waals surface area contributed by atoms with E-state index in [9.17, 15) is 9.35 Å². The fourth-order valence-electron chi connectivity index (χ4n) is 2.13. The van der Waals surface area contributed by atoms with Crippen LogP contribution >= 0.6 is 0 Å². The number of esters is 1.